The molecule has 2 aliphatic rings. The number of amides is 2. The lowest BCUT2D eigenvalue weighted by atomic mass is 9.89. The van der Waals surface area contributed by atoms with Gasteiger partial charge in [-0.05, 0) is 38.1 Å². The Kier molecular flexibility index (Phi) is 5.18. The molecule has 2 aliphatic heterocycles. The SMILES string of the molecule is COc1ccc(NC(=O)N2CCOC3(CCN(C)CC3)C2)cc1Cl. The van der Waals surface area contributed by atoms with Crippen LogP contribution in [0.25, 0.3) is 0 Å². The number of urea groups is 1. The number of hydrogen-bond acceptors (Lipinski definition) is 4. The van der Waals surface area contributed by atoms with Crippen LogP contribution in [0.3, 0.4) is 0 Å². The summed E-state index contributed by atoms with van der Waals surface area (Å²) >= 11 is 6.11. The number of piperidine rings is 1. The van der Waals surface area contributed by atoms with Crippen LogP contribution in [0.2, 0.25) is 5.02 Å². The maximum absolute atomic E-state index is 12.6. The van der Waals surface area contributed by atoms with E-state index < -0.39 is 0 Å². The van der Waals surface area contributed by atoms with Crippen LogP contribution in [0, 0.1) is 0 Å². The average Bonchev–Trinajstić information content (AvgIpc) is 2.58. The van der Waals surface area contributed by atoms with Crippen molar-refractivity contribution in [3.8, 4) is 5.75 Å². The molecule has 132 valence electrons. The van der Waals surface area contributed by atoms with Gasteiger partial charge in [-0.2, -0.15) is 0 Å². The maximum atomic E-state index is 12.6. The van der Waals surface area contributed by atoms with Crippen LogP contribution in [0.1, 0.15) is 12.8 Å². The zero-order valence-corrected chi connectivity index (χ0v) is 14.9. The molecule has 7 heteroatoms. The molecule has 24 heavy (non-hydrogen) atoms. The van der Waals surface area contributed by atoms with Gasteiger partial charge in [0.25, 0.3) is 0 Å². The molecule has 1 N–H and O–H groups in total. The first-order chi connectivity index (χ1) is 11.5. The highest BCUT2D eigenvalue weighted by molar-refractivity contribution is 6.32. The van der Waals surface area contributed by atoms with Crippen molar-refractivity contribution in [3.05, 3.63) is 23.2 Å². The van der Waals surface area contributed by atoms with Gasteiger partial charge in [-0.3, -0.25) is 0 Å². The van der Waals surface area contributed by atoms with Crippen LogP contribution < -0.4 is 10.1 Å². The number of morpholine rings is 1. The number of carbonyl (C=O) groups excluding carboxylic acids is 1. The number of carbonyl (C=O) groups is 1. The molecule has 0 aromatic heterocycles. The maximum Gasteiger partial charge on any atom is 0.322 e. The second-order valence-electron chi connectivity index (χ2n) is 6.54. The minimum absolute atomic E-state index is 0.113. The van der Waals surface area contributed by atoms with Crippen LogP contribution in [-0.2, 0) is 4.74 Å². The number of halogens is 1. The molecule has 0 bridgehead atoms. The van der Waals surface area contributed by atoms with Gasteiger partial charge in [-0.1, -0.05) is 11.6 Å². The number of nitrogens with zero attached hydrogens (tertiary/aromatic N) is 2. The Morgan fingerprint density at radius 2 is 2.08 bits per heavy atom. The van der Waals surface area contributed by atoms with E-state index >= 15 is 0 Å². The Hall–Kier alpha value is -1.50. The van der Waals surface area contributed by atoms with Crippen LogP contribution in [-0.4, -0.2) is 68.4 Å². The van der Waals surface area contributed by atoms with Gasteiger partial charge >= 0.3 is 6.03 Å². The Morgan fingerprint density at radius 3 is 2.75 bits per heavy atom. The Balaban J connectivity index is 1.63. The first-order valence-corrected chi connectivity index (χ1v) is 8.61. The molecule has 0 aliphatic carbocycles. The molecule has 1 aromatic carbocycles. The van der Waals surface area contributed by atoms with Gasteiger partial charge in [0.1, 0.15) is 5.75 Å². The fourth-order valence-electron chi connectivity index (χ4n) is 3.29. The molecule has 3 rings (SSSR count). The molecule has 6 nitrogen and oxygen atoms in total. The number of benzene rings is 1. The summed E-state index contributed by atoms with van der Waals surface area (Å²) in [5.74, 6) is 0.589. The highest BCUT2D eigenvalue weighted by Crippen LogP contribution is 2.31. The monoisotopic (exact) mass is 353 g/mol. The first kappa shape index (κ1) is 17.3. The molecule has 0 atom stereocenters. The van der Waals surface area contributed by atoms with Gasteiger partial charge in [0.05, 0.1) is 30.9 Å². The van der Waals surface area contributed by atoms with E-state index in [-0.39, 0.29) is 11.6 Å². The standard InChI is InChI=1S/C17H24ClN3O3/c1-20-7-5-17(6-8-20)12-21(9-10-24-17)16(22)19-13-3-4-15(23-2)14(18)11-13/h3-4,11H,5-10,12H2,1-2H3,(H,19,22). The van der Waals surface area contributed by atoms with E-state index in [9.17, 15) is 4.79 Å². The Bertz CT molecular complexity index is 603. The van der Waals surface area contributed by atoms with Crippen molar-refractivity contribution in [2.24, 2.45) is 0 Å². The second kappa shape index (κ2) is 7.17. The molecular formula is C17H24ClN3O3. The normalized spacial score (nSPS) is 20.9. The lowest BCUT2D eigenvalue weighted by molar-refractivity contribution is -0.123. The van der Waals surface area contributed by atoms with Crippen molar-refractivity contribution < 1.29 is 14.3 Å². The highest BCUT2D eigenvalue weighted by Gasteiger charge is 2.40. The van der Waals surface area contributed by atoms with Crippen LogP contribution in [0.15, 0.2) is 18.2 Å². The summed E-state index contributed by atoms with van der Waals surface area (Å²) in [5.41, 5.74) is 0.467. The fraction of sp³-hybridized carbons (Fsp3) is 0.588. The third-order valence-corrected chi connectivity index (χ3v) is 5.13. The number of rotatable bonds is 2. The van der Waals surface area contributed by atoms with Crippen LogP contribution in [0.5, 0.6) is 5.75 Å². The molecule has 2 heterocycles. The van der Waals surface area contributed by atoms with Gasteiger partial charge in [0.15, 0.2) is 0 Å². The van der Waals surface area contributed by atoms with E-state index in [0.29, 0.717) is 36.2 Å². The third-order valence-electron chi connectivity index (χ3n) is 4.84. The first-order valence-electron chi connectivity index (χ1n) is 8.23. The van der Waals surface area contributed by atoms with E-state index in [1.54, 1.807) is 25.3 Å². The predicted octanol–water partition coefficient (Wildman–Crippen LogP) is 2.68. The summed E-state index contributed by atoms with van der Waals surface area (Å²) in [7, 11) is 3.68. The molecule has 0 saturated carbocycles. The average molecular weight is 354 g/mol. The summed E-state index contributed by atoms with van der Waals surface area (Å²) in [6, 6.07) is 5.12. The molecule has 1 spiro atoms. The zero-order valence-electron chi connectivity index (χ0n) is 14.2. The number of ether oxygens (including phenoxy) is 2. The van der Waals surface area contributed by atoms with Crippen molar-refractivity contribution in [3.63, 3.8) is 0 Å². The number of anilines is 1. The summed E-state index contributed by atoms with van der Waals surface area (Å²) < 4.78 is 11.2. The molecule has 0 radical (unpaired) electrons. The Labute approximate surface area is 147 Å². The number of likely N-dealkylation sites (tertiary alicyclic amines) is 1. The summed E-state index contributed by atoms with van der Waals surface area (Å²) in [6.45, 7) is 3.83. The quantitative estimate of drug-likeness (QED) is 0.888. The van der Waals surface area contributed by atoms with Crippen molar-refractivity contribution in [2.75, 3.05) is 52.3 Å². The molecule has 2 saturated heterocycles. The van der Waals surface area contributed by atoms with Crippen molar-refractivity contribution in [1.82, 2.24) is 9.80 Å². The minimum Gasteiger partial charge on any atom is -0.495 e. The summed E-state index contributed by atoms with van der Waals surface area (Å²) in [4.78, 5) is 16.7. The molecular weight excluding hydrogens is 330 g/mol. The Morgan fingerprint density at radius 1 is 1.33 bits per heavy atom. The van der Waals surface area contributed by atoms with Crippen molar-refractivity contribution >= 4 is 23.3 Å². The molecule has 0 unspecified atom stereocenters. The third kappa shape index (κ3) is 3.77. The van der Waals surface area contributed by atoms with E-state index in [0.717, 1.165) is 25.9 Å². The highest BCUT2D eigenvalue weighted by atomic mass is 35.5. The van der Waals surface area contributed by atoms with E-state index in [1.807, 2.05) is 4.90 Å². The molecule has 2 amide bonds. The minimum atomic E-state index is -0.195. The predicted molar refractivity (Wildman–Crippen MR) is 94.0 cm³/mol. The lowest BCUT2D eigenvalue weighted by Crippen LogP contribution is -2.58. The largest absolute Gasteiger partial charge is 0.495 e. The van der Waals surface area contributed by atoms with Gasteiger partial charge in [0.2, 0.25) is 0 Å². The van der Waals surface area contributed by atoms with E-state index in [4.69, 9.17) is 21.1 Å². The summed E-state index contributed by atoms with van der Waals surface area (Å²) in [6.07, 6.45) is 1.92. The summed E-state index contributed by atoms with van der Waals surface area (Å²) in [5, 5.41) is 3.39. The fourth-order valence-corrected chi connectivity index (χ4v) is 3.55. The van der Waals surface area contributed by atoms with Gasteiger partial charge in [0, 0.05) is 25.3 Å². The van der Waals surface area contributed by atoms with E-state index in [1.165, 1.54) is 0 Å². The van der Waals surface area contributed by atoms with Gasteiger partial charge < -0.3 is 24.6 Å². The van der Waals surface area contributed by atoms with Crippen molar-refractivity contribution in [1.29, 1.82) is 0 Å². The van der Waals surface area contributed by atoms with Crippen molar-refractivity contribution in [2.45, 2.75) is 18.4 Å². The molecule has 2 fully saturated rings. The van der Waals surface area contributed by atoms with Gasteiger partial charge in [-0.25, -0.2) is 4.79 Å². The number of hydrogen-bond donors (Lipinski definition) is 1. The van der Waals surface area contributed by atoms with Crippen LogP contribution in [0.4, 0.5) is 10.5 Å². The lowest BCUT2D eigenvalue weighted by Gasteiger charge is -2.46. The topological polar surface area (TPSA) is 54.0 Å². The number of methoxy groups -OCH3 is 1. The van der Waals surface area contributed by atoms with E-state index in [2.05, 4.69) is 17.3 Å². The van der Waals surface area contributed by atoms with Gasteiger partial charge in [-0.15, -0.1) is 0 Å². The van der Waals surface area contributed by atoms with Crippen LogP contribution >= 0.6 is 11.6 Å². The second-order valence-corrected chi connectivity index (χ2v) is 6.94. The number of nitrogens with one attached hydrogen (secondary N) is 1. The smallest absolute Gasteiger partial charge is 0.322 e. The molecule has 1 aromatic rings. The zero-order chi connectivity index (χ0) is 17.2.